The molecule has 2 aromatic heterocycles. The van der Waals surface area contributed by atoms with Gasteiger partial charge in [-0.3, -0.25) is 14.6 Å². The van der Waals surface area contributed by atoms with Crippen LogP contribution >= 0.6 is 0 Å². The third-order valence-corrected chi connectivity index (χ3v) is 4.49. The molecule has 0 aliphatic carbocycles. The van der Waals surface area contributed by atoms with Crippen molar-refractivity contribution >= 4 is 5.91 Å². The average molecular weight is 326 g/mol. The molecule has 0 saturated carbocycles. The minimum Gasteiger partial charge on any atom is -0.341 e. The molecule has 1 aliphatic heterocycles. The fraction of sp³-hybridized carbons (Fsp3) is 0.444. The van der Waals surface area contributed by atoms with Crippen LogP contribution in [0.2, 0.25) is 0 Å². The summed E-state index contributed by atoms with van der Waals surface area (Å²) in [7, 11) is 0. The van der Waals surface area contributed by atoms with E-state index in [4.69, 9.17) is 0 Å². The van der Waals surface area contributed by atoms with Gasteiger partial charge in [0.2, 0.25) is 5.91 Å². The highest BCUT2D eigenvalue weighted by Crippen LogP contribution is 2.19. The first-order valence-corrected chi connectivity index (χ1v) is 8.35. The number of carbonyl (C=O) groups excluding carboxylic acids is 1. The predicted octanol–water partition coefficient (Wildman–Crippen LogP) is 2.12. The van der Waals surface area contributed by atoms with Crippen molar-refractivity contribution in [2.75, 3.05) is 13.1 Å². The highest BCUT2D eigenvalue weighted by atomic mass is 16.2. The standard InChI is InChI=1S/C18H22N4O2/c1-13-4-3-11-21(12-13)18(24)14(2)22-17(23)6-5-16(20-22)15-7-9-19-10-8-15/h5-10,13-14H,3-4,11-12H2,1-2H3. The summed E-state index contributed by atoms with van der Waals surface area (Å²) in [6.07, 6.45) is 5.51. The molecule has 0 aromatic carbocycles. The Kier molecular flexibility index (Phi) is 4.74. The van der Waals surface area contributed by atoms with Crippen molar-refractivity contribution in [3.8, 4) is 11.3 Å². The van der Waals surface area contributed by atoms with Gasteiger partial charge in [-0.25, -0.2) is 4.68 Å². The molecule has 1 saturated heterocycles. The Morgan fingerprint density at radius 3 is 2.71 bits per heavy atom. The fourth-order valence-corrected chi connectivity index (χ4v) is 3.14. The number of aromatic nitrogens is 3. The van der Waals surface area contributed by atoms with Gasteiger partial charge in [0.25, 0.3) is 5.56 Å². The van der Waals surface area contributed by atoms with Gasteiger partial charge in [-0.1, -0.05) is 6.92 Å². The van der Waals surface area contributed by atoms with E-state index >= 15 is 0 Å². The lowest BCUT2D eigenvalue weighted by molar-refractivity contribution is -0.136. The van der Waals surface area contributed by atoms with E-state index in [1.807, 2.05) is 17.0 Å². The summed E-state index contributed by atoms with van der Waals surface area (Å²) in [5.41, 5.74) is 1.26. The zero-order valence-corrected chi connectivity index (χ0v) is 14.1. The first-order chi connectivity index (χ1) is 11.6. The summed E-state index contributed by atoms with van der Waals surface area (Å²) >= 11 is 0. The van der Waals surface area contributed by atoms with Gasteiger partial charge in [0.15, 0.2) is 0 Å². The fourth-order valence-electron chi connectivity index (χ4n) is 3.14. The average Bonchev–Trinajstić information content (AvgIpc) is 2.61. The van der Waals surface area contributed by atoms with Crippen molar-refractivity contribution in [2.24, 2.45) is 5.92 Å². The Morgan fingerprint density at radius 2 is 2.00 bits per heavy atom. The molecule has 3 heterocycles. The normalized spacial score (nSPS) is 19.1. The maximum absolute atomic E-state index is 12.8. The summed E-state index contributed by atoms with van der Waals surface area (Å²) in [4.78, 5) is 30.8. The van der Waals surface area contributed by atoms with Crippen molar-refractivity contribution in [3.05, 3.63) is 47.0 Å². The molecule has 2 unspecified atom stereocenters. The van der Waals surface area contributed by atoms with E-state index < -0.39 is 6.04 Å². The highest BCUT2D eigenvalue weighted by Gasteiger charge is 2.27. The second kappa shape index (κ2) is 6.95. The minimum atomic E-state index is -0.607. The molecule has 2 aromatic rings. The van der Waals surface area contributed by atoms with Gasteiger partial charge in [-0.2, -0.15) is 5.10 Å². The van der Waals surface area contributed by atoms with E-state index in [-0.39, 0.29) is 11.5 Å². The molecule has 24 heavy (non-hydrogen) atoms. The lowest BCUT2D eigenvalue weighted by atomic mass is 10.00. The van der Waals surface area contributed by atoms with Gasteiger partial charge in [-0.15, -0.1) is 0 Å². The topological polar surface area (TPSA) is 68.1 Å². The predicted molar refractivity (Wildman–Crippen MR) is 91.4 cm³/mol. The zero-order valence-electron chi connectivity index (χ0n) is 14.1. The molecule has 0 spiro atoms. The molecule has 2 atom stereocenters. The van der Waals surface area contributed by atoms with E-state index in [2.05, 4.69) is 17.0 Å². The largest absolute Gasteiger partial charge is 0.341 e. The molecule has 6 heteroatoms. The molecule has 1 amide bonds. The molecular formula is C18H22N4O2. The number of hydrogen-bond donors (Lipinski definition) is 0. The molecule has 0 bridgehead atoms. The molecule has 3 rings (SSSR count). The van der Waals surface area contributed by atoms with Gasteiger partial charge in [0.1, 0.15) is 6.04 Å². The van der Waals surface area contributed by atoms with Gasteiger partial charge in [0, 0.05) is 37.1 Å². The number of carbonyl (C=O) groups is 1. The van der Waals surface area contributed by atoms with Crippen LogP contribution in [-0.4, -0.2) is 38.7 Å². The molecular weight excluding hydrogens is 304 g/mol. The number of piperidine rings is 1. The summed E-state index contributed by atoms with van der Waals surface area (Å²) in [5, 5.41) is 4.41. The van der Waals surface area contributed by atoms with Gasteiger partial charge in [-0.05, 0) is 43.9 Å². The summed E-state index contributed by atoms with van der Waals surface area (Å²) in [5.74, 6) is 0.464. The maximum Gasteiger partial charge on any atom is 0.267 e. The number of pyridine rings is 1. The van der Waals surface area contributed by atoms with E-state index in [0.717, 1.165) is 31.5 Å². The second-order valence-corrected chi connectivity index (χ2v) is 6.44. The van der Waals surface area contributed by atoms with Crippen LogP contribution in [-0.2, 0) is 4.79 Å². The van der Waals surface area contributed by atoms with E-state index in [0.29, 0.717) is 11.6 Å². The smallest absolute Gasteiger partial charge is 0.267 e. The Hall–Kier alpha value is -2.50. The monoisotopic (exact) mass is 326 g/mol. The van der Waals surface area contributed by atoms with Crippen LogP contribution in [0.5, 0.6) is 0 Å². The molecule has 1 aliphatic rings. The third kappa shape index (κ3) is 3.37. The summed E-state index contributed by atoms with van der Waals surface area (Å²) in [6.45, 7) is 5.40. The lowest BCUT2D eigenvalue weighted by Gasteiger charge is -2.32. The highest BCUT2D eigenvalue weighted by molar-refractivity contribution is 5.80. The van der Waals surface area contributed by atoms with Gasteiger partial charge < -0.3 is 4.90 Å². The minimum absolute atomic E-state index is 0.0389. The Labute approximate surface area is 141 Å². The Bertz CT molecular complexity index is 772. The molecule has 0 N–H and O–H groups in total. The van der Waals surface area contributed by atoms with Crippen molar-refractivity contribution in [2.45, 2.75) is 32.7 Å². The Balaban J connectivity index is 1.88. The molecule has 6 nitrogen and oxygen atoms in total. The van der Waals surface area contributed by atoms with E-state index in [1.54, 1.807) is 25.4 Å². The van der Waals surface area contributed by atoms with Crippen LogP contribution in [0.25, 0.3) is 11.3 Å². The maximum atomic E-state index is 12.8. The van der Waals surface area contributed by atoms with Crippen molar-refractivity contribution in [3.63, 3.8) is 0 Å². The van der Waals surface area contributed by atoms with Crippen molar-refractivity contribution < 1.29 is 4.79 Å². The first-order valence-electron chi connectivity index (χ1n) is 8.35. The van der Waals surface area contributed by atoms with Crippen LogP contribution < -0.4 is 5.56 Å². The number of nitrogens with zero attached hydrogens (tertiary/aromatic N) is 4. The van der Waals surface area contributed by atoms with Crippen LogP contribution in [0.15, 0.2) is 41.5 Å². The van der Waals surface area contributed by atoms with Crippen LogP contribution in [0.1, 0.15) is 32.7 Å². The van der Waals surface area contributed by atoms with Crippen LogP contribution in [0.4, 0.5) is 0 Å². The number of amides is 1. The molecule has 0 radical (unpaired) electrons. The van der Waals surface area contributed by atoms with Gasteiger partial charge in [0.05, 0.1) is 5.69 Å². The van der Waals surface area contributed by atoms with Crippen molar-refractivity contribution in [1.29, 1.82) is 0 Å². The number of rotatable bonds is 3. The zero-order chi connectivity index (χ0) is 17.1. The SMILES string of the molecule is CC1CCCN(C(=O)C(C)n2nc(-c3ccncc3)ccc2=O)C1. The summed E-state index contributed by atoms with van der Waals surface area (Å²) < 4.78 is 1.29. The number of likely N-dealkylation sites (tertiary alicyclic amines) is 1. The second-order valence-electron chi connectivity index (χ2n) is 6.44. The first kappa shape index (κ1) is 16.4. The number of hydrogen-bond acceptors (Lipinski definition) is 4. The molecule has 1 fully saturated rings. The third-order valence-electron chi connectivity index (χ3n) is 4.49. The lowest BCUT2D eigenvalue weighted by Crippen LogP contribution is -2.44. The van der Waals surface area contributed by atoms with Crippen LogP contribution in [0.3, 0.4) is 0 Å². The quantitative estimate of drug-likeness (QED) is 0.866. The van der Waals surface area contributed by atoms with Crippen molar-refractivity contribution in [1.82, 2.24) is 19.7 Å². The van der Waals surface area contributed by atoms with Crippen LogP contribution in [0, 0.1) is 5.92 Å². The Morgan fingerprint density at radius 1 is 1.25 bits per heavy atom. The van der Waals surface area contributed by atoms with E-state index in [9.17, 15) is 9.59 Å². The molecule has 126 valence electrons. The summed E-state index contributed by atoms with van der Waals surface area (Å²) in [6, 6.07) is 6.19. The van der Waals surface area contributed by atoms with E-state index in [1.165, 1.54) is 10.7 Å². The van der Waals surface area contributed by atoms with Gasteiger partial charge >= 0.3 is 0 Å².